The second-order valence-electron chi connectivity index (χ2n) is 3.50. The third-order valence-electron chi connectivity index (χ3n) is 2.57. The van der Waals surface area contributed by atoms with Crippen LogP contribution in [-0.2, 0) is 0 Å². The number of nitrogens with zero attached hydrogens (tertiary/aromatic N) is 1. The SMILES string of the molecule is CC[C@@H](O)c1ccccc1N(C)CC. The fourth-order valence-electron chi connectivity index (χ4n) is 1.51. The Morgan fingerprint density at radius 2 is 1.93 bits per heavy atom. The molecular formula is C12H19NO. The molecule has 1 N–H and O–H groups in total. The Labute approximate surface area is 86.2 Å². The number of hydrogen-bond donors (Lipinski definition) is 1. The van der Waals surface area contributed by atoms with Crippen LogP contribution in [0.1, 0.15) is 31.9 Å². The number of para-hydroxylation sites is 1. The third kappa shape index (κ3) is 2.26. The summed E-state index contributed by atoms with van der Waals surface area (Å²) >= 11 is 0. The summed E-state index contributed by atoms with van der Waals surface area (Å²) in [4.78, 5) is 2.15. The van der Waals surface area contributed by atoms with Crippen molar-refractivity contribution in [3.05, 3.63) is 29.8 Å². The first kappa shape index (κ1) is 11.1. The van der Waals surface area contributed by atoms with Crippen molar-refractivity contribution in [1.82, 2.24) is 0 Å². The van der Waals surface area contributed by atoms with Crippen molar-refractivity contribution in [1.29, 1.82) is 0 Å². The fourth-order valence-corrected chi connectivity index (χ4v) is 1.51. The highest BCUT2D eigenvalue weighted by Crippen LogP contribution is 2.26. The van der Waals surface area contributed by atoms with Gasteiger partial charge in [0.2, 0.25) is 0 Å². The molecule has 78 valence electrons. The molecule has 1 aromatic carbocycles. The molecule has 1 rings (SSSR count). The number of rotatable bonds is 4. The lowest BCUT2D eigenvalue weighted by atomic mass is 10.0. The van der Waals surface area contributed by atoms with Crippen LogP contribution in [0.3, 0.4) is 0 Å². The zero-order chi connectivity index (χ0) is 10.6. The Kier molecular flexibility index (Phi) is 3.96. The van der Waals surface area contributed by atoms with E-state index in [1.54, 1.807) is 0 Å². The molecule has 0 saturated carbocycles. The van der Waals surface area contributed by atoms with E-state index in [0.29, 0.717) is 0 Å². The van der Waals surface area contributed by atoms with Gasteiger partial charge in [-0.1, -0.05) is 25.1 Å². The van der Waals surface area contributed by atoms with E-state index in [9.17, 15) is 5.11 Å². The highest BCUT2D eigenvalue weighted by atomic mass is 16.3. The minimum Gasteiger partial charge on any atom is -0.388 e. The first-order chi connectivity index (χ1) is 6.70. The molecule has 0 heterocycles. The lowest BCUT2D eigenvalue weighted by molar-refractivity contribution is 0.174. The van der Waals surface area contributed by atoms with Gasteiger partial charge in [-0.25, -0.2) is 0 Å². The molecule has 0 unspecified atom stereocenters. The average molecular weight is 193 g/mol. The van der Waals surface area contributed by atoms with Crippen molar-refractivity contribution in [2.75, 3.05) is 18.5 Å². The predicted molar refractivity (Wildman–Crippen MR) is 60.6 cm³/mol. The molecule has 0 aromatic heterocycles. The average Bonchev–Trinajstić information content (AvgIpc) is 2.27. The van der Waals surface area contributed by atoms with Gasteiger partial charge >= 0.3 is 0 Å². The number of aliphatic hydroxyl groups excluding tert-OH is 1. The van der Waals surface area contributed by atoms with Gasteiger partial charge in [0.15, 0.2) is 0 Å². The Balaban J connectivity index is 3.02. The van der Waals surface area contributed by atoms with Gasteiger partial charge in [-0.15, -0.1) is 0 Å². The van der Waals surface area contributed by atoms with Crippen LogP contribution in [0.4, 0.5) is 5.69 Å². The zero-order valence-electron chi connectivity index (χ0n) is 9.20. The Bertz CT molecular complexity index is 256. The number of anilines is 1. The van der Waals surface area contributed by atoms with Gasteiger partial charge in [0.1, 0.15) is 0 Å². The maximum atomic E-state index is 9.83. The summed E-state index contributed by atoms with van der Waals surface area (Å²) in [6.07, 6.45) is 0.411. The molecular weight excluding hydrogens is 174 g/mol. The van der Waals surface area contributed by atoms with E-state index in [0.717, 1.165) is 24.2 Å². The summed E-state index contributed by atoms with van der Waals surface area (Å²) < 4.78 is 0. The predicted octanol–water partition coefficient (Wildman–Crippen LogP) is 2.59. The highest BCUT2D eigenvalue weighted by molar-refractivity contribution is 5.53. The van der Waals surface area contributed by atoms with E-state index in [2.05, 4.69) is 17.9 Å². The molecule has 0 aliphatic rings. The van der Waals surface area contributed by atoms with Crippen LogP contribution in [0.5, 0.6) is 0 Å². The maximum absolute atomic E-state index is 9.83. The second kappa shape index (κ2) is 5.01. The lowest BCUT2D eigenvalue weighted by Gasteiger charge is -2.22. The Morgan fingerprint density at radius 3 is 2.50 bits per heavy atom. The van der Waals surface area contributed by atoms with Crippen molar-refractivity contribution < 1.29 is 5.11 Å². The van der Waals surface area contributed by atoms with Gasteiger partial charge in [0.05, 0.1) is 6.10 Å². The summed E-state index contributed by atoms with van der Waals surface area (Å²) in [5.74, 6) is 0. The maximum Gasteiger partial charge on any atom is 0.0807 e. The van der Waals surface area contributed by atoms with Crippen LogP contribution in [0, 0.1) is 0 Å². The van der Waals surface area contributed by atoms with Crippen LogP contribution in [-0.4, -0.2) is 18.7 Å². The smallest absolute Gasteiger partial charge is 0.0807 e. The minimum absolute atomic E-state index is 0.347. The molecule has 0 amide bonds. The molecule has 14 heavy (non-hydrogen) atoms. The van der Waals surface area contributed by atoms with Crippen LogP contribution in [0.2, 0.25) is 0 Å². The standard InChI is InChI=1S/C12H19NO/c1-4-12(14)10-8-6-7-9-11(10)13(3)5-2/h6-9,12,14H,4-5H2,1-3H3/t12-/m1/s1. The van der Waals surface area contributed by atoms with Crippen molar-refractivity contribution in [3.63, 3.8) is 0 Å². The van der Waals surface area contributed by atoms with E-state index >= 15 is 0 Å². The van der Waals surface area contributed by atoms with Crippen molar-refractivity contribution >= 4 is 5.69 Å². The first-order valence-electron chi connectivity index (χ1n) is 5.18. The van der Waals surface area contributed by atoms with Gasteiger partial charge in [0, 0.05) is 24.8 Å². The van der Waals surface area contributed by atoms with Crippen LogP contribution < -0.4 is 4.90 Å². The quantitative estimate of drug-likeness (QED) is 0.794. The van der Waals surface area contributed by atoms with Crippen LogP contribution >= 0.6 is 0 Å². The van der Waals surface area contributed by atoms with Crippen molar-refractivity contribution in [2.24, 2.45) is 0 Å². The lowest BCUT2D eigenvalue weighted by Crippen LogP contribution is -2.18. The fraction of sp³-hybridized carbons (Fsp3) is 0.500. The molecule has 0 aliphatic carbocycles. The van der Waals surface area contributed by atoms with Crippen LogP contribution in [0.15, 0.2) is 24.3 Å². The van der Waals surface area contributed by atoms with E-state index in [-0.39, 0.29) is 6.10 Å². The van der Waals surface area contributed by atoms with E-state index in [4.69, 9.17) is 0 Å². The molecule has 0 saturated heterocycles. The summed E-state index contributed by atoms with van der Waals surface area (Å²) in [5, 5.41) is 9.83. The van der Waals surface area contributed by atoms with Gasteiger partial charge in [-0.3, -0.25) is 0 Å². The summed E-state index contributed by atoms with van der Waals surface area (Å²) in [6, 6.07) is 8.03. The molecule has 0 aliphatic heterocycles. The van der Waals surface area contributed by atoms with Gasteiger partial charge in [0.25, 0.3) is 0 Å². The van der Waals surface area contributed by atoms with E-state index in [1.165, 1.54) is 0 Å². The molecule has 2 heteroatoms. The molecule has 0 radical (unpaired) electrons. The molecule has 1 aromatic rings. The molecule has 2 nitrogen and oxygen atoms in total. The number of aliphatic hydroxyl groups is 1. The van der Waals surface area contributed by atoms with Gasteiger partial charge in [-0.05, 0) is 19.4 Å². The molecule has 0 bridgehead atoms. The topological polar surface area (TPSA) is 23.5 Å². The third-order valence-corrected chi connectivity index (χ3v) is 2.57. The molecule has 0 spiro atoms. The van der Waals surface area contributed by atoms with Gasteiger partial charge in [-0.2, -0.15) is 0 Å². The van der Waals surface area contributed by atoms with Crippen molar-refractivity contribution in [3.8, 4) is 0 Å². The number of hydrogen-bond acceptors (Lipinski definition) is 2. The minimum atomic E-state index is -0.347. The molecule has 1 atom stereocenters. The first-order valence-corrected chi connectivity index (χ1v) is 5.18. The van der Waals surface area contributed by atoms with Crippen molar-refractivity contribution in [2.45, 2.75) is 26.4 Å². The summed E-state index contributed by atoms with van der Waals surface area (Å²) in [6.45, 7) is 5.05. The van der Waals surface area contributed by atoms with E-state index < -0.39 is 0 Å². The Morgan fingerprint density at radius 1 is 1.29 bits per heavy atom. The van der Waals surface area contributed by atoms with Gasteiger partial charge < -0.3 is 10.0 Å². The van der Waals surface area contributed by atoms with Crippen LogP contribution in [0.25, 0.3) is 0 Å². The molecule has 0 fully saturated rings. The number of benzene rings is 1. The largest absolute Gasteiger partial charge is 0.388 e. The summed E-state index contributed by atoms with van der Waals surface area (Å²) in [7, 11) is 2.04. The highest BCUT2D eigenvalue weighted by Gasteiger charge is 2.11. The van der Waals surface area contributed by atoms with E-state index in [1.807, 2.05) is 32.2 Å². The zero-order valence-corrected chi connectivity index (χ0v) is 9.20. The summed E-state index contributed by atoms with van der Waals surface area (Å²) in [5.41, 5.74) is 2.16. The Hall–Kier alpha value is -1.02. The normalized spacial score (nSPS) is 12.6. The second-order valence-corrected chi connectivity index (χ2v) is 3.50. The monoisotopic (exact) mass is 193 g/mol.